The Morgan fingerprint density at radius 2 is 2.33 bits per heavy atom. The smallest absolute Gasteiger partial charge is 0.223 e. The van der Waals surface area contributed by atoms with Gasteiger partial charge >= 0.3 is 0 Å². The summed E-state index contributed by atoms with van der Waals surface area (Å²) < 4.78 is 5.20. The third kappa shape index (κ3) is 3.97. The van der Waals surface area contributed by atoms with Gasteiger partial charge in [-0.25, -0.2) is 0 Å². The molecule has 1 saturated heterocycles. The summed E-state index contributed by atoms with van der Waals surface area (Å²) >= 11 is 5.54. The SMILES string of the molecule is O=C(CCCCCl)N1CCOCC1CO. The van der Waals surface area contributed by atoms with Gasteiger partial charge in [0.25, 0.3) is 0 Å². The van der Waals surface area contributed by atoms with Crippen LogP contribution in [0.15, 0.2) is 0 Å². The van der Waals surface area contributed by atoms with Gasteiger partial charge in [0.2, 0.25) is 5.91 Å². The summed E-state index contributed by atoms with van der Waals surface area (Å²) in [6.45, 7) is 1.57. The van der Waals surface area contributed by atoms with Crippen LogP contribution in [0.5, 0.6) is 0 Å². The molecule has 0 aromatic heterocycles. The quantitative estimate of drug-likeness (QED) is 0.561. The average molecular weight is 236 g/mol. The van der Waals surface area contributed by atoms with Crippen molar-refractivity contribution in [3.05, 3.63) is 0 Å². The van der Waals surface area contributed by atoms with Crippen molar-refractivity contribution in [2.75, 3.05) is 32.2 Å². The molecule has 1 amide bonds. The van der Waals surface area contributed by atoms with E-state index < -0.39 is 0 Å². The zero-order valence-corrected chi connectivity index (χ0v) is 9.58. The summed E-state index contributed by atoms with van der Waals surface area (Å²) in [5.41, 5.74) is 0. The van der Waals surface area contributed by atoms with Gasteiger partial charge in [0.05, 0.1) is 25.9 Å². The van der Waals surface area contributed by atoms with Gasteiger partial charge in [-0.1, -0.05) is 0 Å². The molecule has 1 heterocycles. The van der Waals surface area contributed by atoms with E-state index in [1.807, 2.05) is 0 Å². The topological polar surface area (TPSA) is 49.8 Å². The highest BCUT2D eigenvalue weighted by Crippen LogP contribution is 2.10. The van der Waals surface area contributed by atoms with E-state index >= 15 is 0 Å². The van der Waals surface area contributed by atoms with Crippen molar-refractivity contribution in [2.24, 2.45) is 0 Å². The number of nitrogens with zero attached hydrogens (tertiary/aromatic N) is 1. The van der Waals surface area contributed by atoms with Gasteiger partial charge in [0.15, 0.2) is 0 Å². The molecule has 15 heavy (non-hydrogen) atoms. The number of amides is 1. The van der Waals surface area contributed by atoms with E-state index in [0.29, 0.717) is 32.1 Å². The van der Waals surface area contributed by atoms with Gasteiger partial charge in [-0.05, 0) is 12.8 Å². The van der Waals surface area contributed by atoms with Crippen LogP contribution in [0.4, 0.5) is 0 Å². The number of rotatable bonds is 5. The lowest BCUT2D eigenvalue weighted by Crippen LogP contribution is -2.50. The number of morpholine rings is 1. The van der Waals surface area contributed by atoms with E-state index in [0.717, 1.165) is 12.8 Å². The predicted molar refractivity (Wildman–Crippen MR) is 58.0 cm³/mol. The second kappa shape index (κ2) is 7.04. The van der Waals surface area contributed by atoms with E-state index in [1.165, 1.54) is 0 Å². The Morgan fingerprint density at radius 3 is 3.00 bits per heavy atom. The Labute approximate surface area is 95.2 Å². The van der Waals surface area contributed by atoms with Gasteiger partial charge in [0, 0.05) is 18.8 Å². The van der Waals surface area contributed by atoms with Gasteiger partial charge in [-0.3, -0.25) is 4.79 Å². The van der Waals surface area contributed by atoms with E-state index in [1.54, 1.807) is 4.90 Å². The van der Waals surface area contributed by atoms with Crippen molar-refractivity contribution in [2.45, 2.75) is 25.3 Å². The molecule has 0 aliphatic carbocycles. The number of hydrogen-bond acceptors (Lipinski definition) is 3. The minimum absolute atomic E-state index is 0.0265. The average Bonchev–Trinajstić information content (AvgIpc) is 2.29. The number of alkyl halides is 1. The first-order chi connectivity index (χ1) is 7.29. The fourth-order valence-corrected chi connectivity index (χ4v) is 1.84. The lowest BCUT2D eigenvalue weighted by Gasteiger charge is -2.34. The molecule has 1 aliphatic rings. The molecule has 0 radical (unpaired) electrons. The van der Waals surface area contributed by atoms with Crippen LogP contribution in [0.3, 0.4) is 0 Å². The molecule has 0 aromatic rings. The van der Waals surface area contributed by atoms with E-state index in [-0.39, 0.29) is 18.6 Å². The largest absolute Gasteiger partial charge is 0.394 e. The summed E-state index contributed by atoms with van der Waals surface area (Å²) in [5.74, 6) is 0.697. The molecule has 1 fully saturated rings. The van der Waals surface area contributed by atoms with E-state index in [9.17, 15) is 4.79 Å². The molecule has 88 valence electrons. The molecular weight excluding hydrogens is 218 g/mol. The molecule has 1 N–H and O–H groups in total. The number of hydrogen-bond donors (Lipinski definition) is 1. The maximum Gasteiger partial charge on any atom is 0.223 e. The zero-order valence-electron chi connectivity index (χ0n) is 8.82. The summed E-state index contributed by atoms with van der Waals surface area (Å²) in [6.07, 6.45) is 2.20. The summed E-state index contributed by atoms with van der Waals surface area (Å²) in [6, 6.07) is -0.165. The van der Waals surface area contributed by atoms with Gasteiger partial charge in [-0.2, -0.15) is 0 Å². The minimum atomic E-state index is -0.165. The van der Waals surface area contributed by atoms with Crippen LogP contribution in [0.25, 0.3) is 0 Å². The molecule has 0 aromatic carbocycles. The van der Waals surface area contributed by atoms with Crippen molar-refractivity contribution < 1.29 is 14.6 Å². The Kier molecular flexibility index (Phi) is 5.98. The van der Waals surface area contributed by atoms with Crippen LogP contribution in [0, 0.1) is 0 Å². The zero-order chi connectivity index (χ0) is 11.1. The highest BCUT2D eigenvalue weighted by atomic mass is 35.5. The second-order valence-corrected chi connectivity index (χ2v) is 4.02. The number of carbonyl (C=O) groups excluding carboxylic acids is 1. The van der Waals surface area contributed by atoms with Gasteiger partial charge < -0.3 is 14.7 Å². The van der Waals surface area contributed by atoms with Crippen LogP contribution >= 0.6 is 11.6 Å². The molecule has 1 rings (SSSR count). The maximum absolute atomic E-state index is 11.8. The first-order valence-electron chi connectivity index (χ1n) is 5.33. The highest BCUT2D eigenvalue weighted by Gasteiger charge is 2.25. The van der Waals surface area contributed by atoms with Crippen LogP contribution in [0.2, 0.25) is 0 Å². The van der Waals surface area contributed by atoms with Crippen molar-refractivity contribution in [1.29, 1.82) is 0 Å². The van der Waals surface area contributed by atoms with Crippen molar-refractivity contribution >= 4 is 17.5 Å². The Morgan fingerprint density at radius 1 is 1.53 bits per heavy atom. The van der Waals surface area contributed by atoms with Crippen LogP contribution in [0.1, 0.15) is 19.3 Å². The van der Waals surface area contributed by atoms with E-state index in [2.05, 4.69) is 0 Å². The molecule has 0 spiro atoms. The Hall–Kier alpha value is -0.320. The van der Waals surface area contributed by atoms with Gasteiger partial charge in [-0.15, -0.1) is 11.6 Å². The standard InChI is InChI=1S/C10H18ClNO3/c11-4-2-1-3-10(14)12-5-6-15-8-9(12)7-13/h9,13H,1-8H2. The number of aliphatic hydroxyl groups excluding tert-OH is 1. The molecular formula is C10H18ClNO3. The molecule has 1 atom stereocenters. The fourth-order valence-electron chi connectivity index (χ4n) is 1.65. The first kappa shape index (κ1) is 12.7. The number of carbonyl (C=O) groups is 1. The monoisotopic (exact) mass is 235 g/mol. The van der Waals surface area contributed by atoms with Crippen molar-refractivity contribution in [3.8, 4) is 0 Å². The molecule has 0 bridgehead atoms. The molecule has 1 unspecified atom stereocenters. The predicted octanol–water partition coefficient (Wildman–Crippen LogP) is 0.615. The highest BCUT2D eigenvalue weighted by molar-refractivity contribution is 6.17. The summed E-state index contributed by atoms with van der Waals surface area (Å²) in [5, 5.41) is 9.09. The third-order valence-corrected chi connectivity index (χ3v) is 2.80. The molecule has 4 nitrogen and oxygen atoms in total. The molecule has 5 heteroatoms. The normalized spacial score (nSPS) is 21.7. The van der Waals surface area contributed by atoms with Crippen LogP contribution in [-0.4, -0.2) is 54.2 Å². The number of halogens is 1. The molecule has 1 aliphatic heterocycles. The third-order valence-electron chi connectivity index (χ3n) is 2.53. The number of ether oxygens (including phenoxy) is 1. The second-order valence-electron chi connectivity index (χ2n) is 3.64. The number of unbranched alkanes of at least 4 members (excludes halogenated alkanes) is 1. The van der Waals surface area contributed by atoms with Crippen molar-refractivity contribution in [3.63, 3.8) is 0 Å². The Balaban J connectivity index is 2.34. The summed E-state index contributed by atoms with van der Waals surface area (Å²) in [4.78, 5) is 13.5. The van der Waals surface area contributed by atoms with E-state index in [4.69, 9.17) is 21.4 Å². The first-order valence-corrected chi connectivity index (χ1v) is 5.87. The Bertz CT molecular complexity index is 201. The van der Waals surface area contributed by atoms with Crippen molar-refractivity contribution in [1.82, 2.24) is 4.90 Å². The lowest BCUT2D eigenvalue weighted by molar-refractivity contribution is -0.141. The molecule has 0 saturated carbocycles. The van der Waals surface area contributed by atoms with Crippen LogP contribution < -0.4 is 0 Å². The fraction of sp³-hybridized carbons (Fsp3) is 0.900. The van der Waals surface area contributed by atoms with Crippen LogP contribution in [-0.2, 0) is 9.53 Å². The minimum Gasteiger partial charge on any atom is -0.394 e. The number of aliphatic hydroxyl groups is 1. The summed E-state index contributed by atoms with van der Waals surface area (Å²) in [7, 11) is 0. The maximum atomic E-state index is 11.8. The lowest BCUT2D eigenvalue weighted by atomic mass is 10.2. The van der Waals surface area contributed by atoms with Gasteiger partial charge in [0.1, 0.15) is 0 Å².